The number of amidine groups is 1. The first-order valence-corrected chi connectivity index (χ1v) is 7.90. The summed E-state index contributed by atoms with van der Waals surface area (Å²) >= 11 is 0. The van der Waals surface area contributed by atoms with Crippen LogP contribution >= 0.6 is 0 Å². The monoisotopic (exact) mass is 354 g/mol. The molecule has 2 N–H and O–H groups in total. The highest BCUT2D eigenvalue weighted by Gasteiger charge is 2.40. The summed E-state index contributed by atoms with van der Waals surface area (Å²) in [6.07, 6.45) is 3.01. The third-order valence-electron chi connectivity index (χ3n) is 4.16. The molecule has 1 aliphatic heterocycles. The summed E-state index contributed by atoms with van der Waals surface area (Å²) in [6, 6.07) is 6.55. The number of nitrogens with one attached hydrogen (secondary N) is 2. The fourth-order valence-electron chi connectivity index (χ4n) is 3.04. The van der Waals surface area contributed by atoms with Gasteiger partial charge in [0.05, 0.1) is 17.9 Å². The highest BCUT2D eigenvalue weighted by atomic mass is 16.6. The lowest BCUT2D eigenvalue weighted by Gasteiger charge is -2.19. The van der Waals surface area contributed by atoms with Crippen LogP contribution in [0.2, 0.25) is 0 Å². The van der Waals surface area contributed by atoms with Crippen LogP contribution < -0.4 is 5.43 Å². The van der Waals surface area contributed by atoms with Gasteiger partial charge in [-0.05, 0) is 17.9 Å². The summed E-state index contributed by atoms with van der Waals surface area (Å²) in [4.78, 5) is 26.2. The summed E-state index contributed by atoms with van der Waals surface area (Å²) in [5.41, 5.74) is 4.20. The molecule has 132 valence electrons. The number of fused-ring (bicyclic) bond motifs is 2. The van der Waals surface area contributed by atoms with E-state index in [2.05, 4.69) is 20.6 Å². The minimum atomic E-state index is -0.888. The summed E-state index contributed by atoms with van der Waals surface area (Å²) in [5, 5.41) is 20.4. The molecule has 2 aromatic heterocycles. The topological polar surface area (TPSA) is 127 Å². The van der Waals surface area contributed by atoms with Crippen molar-refractivity contribution in [1.82, 2.24) is 14.8 Å². The van der Waals surface area contributed by atoms with Crippen LogP contribution in [0.4, 0.5) is 5.82 Å². The van der Waals surface area contributed by atoms with Crippen LogP contribution in [0.5, 0.6) is 0 Å². The predicted octanol–water partition coefficient (Wildman–Crippen LogP) is 2.15. The van der Waals surface area contributed by atoms with Crippen LogP contribution in [-0.2, 0) is 4.74 Å². The molecule has 1 atom stereocenters. The molecule has 0 saturated carbocycles. The number of para-hydroxylation sites is 1. The number of hydrogen-bond donors (Lipinski definition) is 2. The number of carbonyl (C=O) groups is 1. The van der Waals surface area contributed by atoms with Gasteiger partial charge in [-0.25, -0.2) is 9.48 Å². The number of H-pyrrole nitrogens is 1. The average Bonchev–Trinajstić information content (AvgIpc) is 3.25. The number of anilines is 1. The van der Waals surface area contributed by atoms with E-state index >= 15 is 0 Å². The van der Waals surface area contributed by atoms with E-state index in [-0.39, 0.29) is 23.8 Å². The maximum absolute atomic E-state index is 12.1. The van der Waals surface area contributed by atoms with Gasteiger partial charge in [0.25, 0.3) is 0 Å². The van der Waals surface area contributed by atoms with E-state index in [1.54, 1.807) is 13.1 Å². The molecular weight excluding hydrogens is 340 g/mol. The first-order valence-electron chi connectivity index (χ1n) is 7.90. The Kier molecular flexibility index (Phi) is 3.64. The lowest BCUT2D eigenvalue weighted by atomic mass is 10.0. The number of benzene rings is 1. The van der Waals surface area contributed by atoms with Crippen LogP contribution in [0, 0.1) is 10.1 Å². The van der Waals surface area contributed by atoms with Gasteiger partial charge in [-0.15, -0.1) is 0 Å². The molecule has 0 unspecified atom stereocenters. The summed E-state index contributed by atoms with van der Waals surface area (Å²) in [7, 11) is 0. The Labute approximate surface area is 146 Å². The molecule has 0 radical (unpaired) electrons. The van der Waals surface area contributed by atoms with E-state index in [0.717, 1.165) is 10.9 Å². The zero-order valence-electron chi connectivity index (χ0n) is 13.7. The third-order valence-corrected chi connectivity index (χ3v) is 4.16. The quantitative estimate of drug-likeness (QED) is 0.421. The second-order valence-corrected chi connectivity index (χ2v) is 5.60. The zero-order chi connectivity index (χ0) is 18.3. The number of aromatic nitrogens is 3. The molecule has 4 rings (SSSR count). The van der Waals surface area contributed by atoms with Crippen molar-refractivity contribution in [3.8, 4) is 0 Å². The second kappa shape index (κ2) is 5.99. The number of aromatic amines is 1. The minimum Gasteiger partial charge on any atom is -0.462 e. The van der Waals surface area contributed by atoms with Gasteiger partial charge < -0.3 is 19.8 Å². The van der Waals surface area contributed by atoms with E-state index in [1.165, 1.54) is 10.9 Å². The molecule has 3 aromatic rings. The molecule has 0 saturated heterocycles. The van der Waals surface area contributed by atoms with E-state index in [9.17, 15) is 14.9 Å². The largest absolute Gasteiger partial charge is 0.462 e. The Morgan fingerprint density at radius 3 is 3.00 bits per heavy atom. The van der Waals surface area contributed by atoms with Crippen molar-refractivity contribution in [1.29, 1.82) is 0 Å². The smallest absolute Gasteiger partial charge is 0.393 e. The van der Waals surface area contributed by atoms with Gasteiger partial charge in [0.2, 0.25) is 0 Å². The maximum Gasteiger partial charge on any atom is 0.393 e. The van der Waals surface area contributed by atoms with Gasteiger partial charge in [0, 0.05) is 22.7 Å². The third kappa shape index (κ3) is 2.31. The summed E-state index contributed by atoms with van der Waals surface area (Å²) in [5.74, 6) is -0.635. The van der Waals surface area contributed by atoms with Gasteiger partial charge >= 0.3 is 11.8 Å². The van der Waals surface area contributed by atoms with Crippen LogP contribution in [-0.4, -0.2) is 38.1 Å². The van der Waals surface area contributed by atoms with E-state index < -0.39 is 16.9 Å². The number of hydrazone groups is 1. The lowest BCUT2D eigenvalue weighted by Crippen LogP contribution is -2.33. The summed E-state index contributed by atoms with van der Waals surface area (Å²) in [6.45, 7) is 1.90. The van der Waals surface area contributed by atoms with Crippen molar-refractivity contribution >= 4 is 28.5 Å². The van der Waals surface area contributed by atoms with Gasteiger partial charge in [-0.2, -0.15) is 10.5 Å². The number of ether oxygens (including phenoxy) is 1. The fourth-order valence-corrected chi connectivity index (χ4v) is 3.04. The Bertz CT molecular complexity index is 1050. The molecule has 10 nitrogen and oxygen atoms in total. The standard InChI is InChI=1S/C16H14N6O4/c1-2-26-16(23)11-8-18-21-13(15(22(24)25)20-19-14(11)21)10-7-17-12-6-4-3-5-9(10)12/h3-8,13,17,19H,2H2,1H3/t13-/m1/s1. The van der Waals surface area contributed by atoms with E-state index in [4.69, 9.17) is 4.74 Å². The Hall–Kier alpha value is -3.69. The van der Waals surface area contributed by atoms with Gasteiger partial charge in [-0.1, -0.05) is 18.2 Å². The average molecular weight is 354 g/mol. The van der Waals surface area contributed by atoms with Gasteiger partial charge in [0.15, 0.2) is 11.9 Å². The Morgan fingerprint density at radius 2 is 2.23 bits per heavy atom. The fraction of sp³-hybridized carbons (Fsp3) is 0.188. The second-order valence-electron chi connectivity index (χ2n) is 5.60. The van der Waals surface area contributed by atoms with Gasteiger partial charge in [0.1, 0.15) is 5.56 Å². The number of nitro groups is 1. The molecular formula is C16H14N6O4. The molecule has 0 aliphatic carbocycles. The molecule has 0 amide bonds. The predicted molar refractivity (Wildman–Crippen MR) is 92.7 cm³/mol. The van der Waals surface area contributed by atoms with Crippen LogP contribution in [0.25, 0.3) is 10.9 Å². The van der Waals surface area contributed by atoms with Crippen LogP contribution in [0.1, 0.15) is 28.9 Å². The van der Waals surface area contributed by atoms with Crippen LogP contribution in [0.15, 0.2) is 41.8 Å². The van der Waals surface area contributed by atoms with Crippen molar-refractivity contribution in [3.05, 3.63) is 57.9 Å². The molecule has 26 heavy (non-hydrogen) atoms. The number of nitrogens with zero attached hydrogens (tertiary/aromatic N) is 4. The molecule has 0 fully saturated rings. The molecule has 0 spiro atoms. The van der Waals surface area contributed by atoms with Crippen molar-refractivity contribution in [2.45, 2.75) is 13.0 Å². The van der Waals surface area contributed by atoms with E-state index in [1.807, 2.05) is 24.3 Å². The molecule has 3 heterocycles. The number of hydrogen-bond acceptors (Lipinski definition) is 7. The Balaban J connectivity index is 1.89. The highest BCUT2D eigenvalue weighted by molar-refractivity contribution is 5.97. The van der Waals surface area contributed by atoms with Crippen molar-refractivity contribution in [2.75, 3.05) is 12.0 Å². The van der Waals surface area contributed by atoms with Crippen LogP contribution in [0.3, 0.4) is 0 Å². The van der Waals surface area contributed by atoms with Crippen molar-refractivity contribution in [2.24, 2.45) is 5.10 Å². The number of esters is 1. The molecule has 1 aliphatic rings. The normalized spacial score (nSPS) is 15.9. The first kappa shape index (κ1) is 15.8. The molecule has 0 bridgehead atoms. The molecule has 1 aromatic carbocycles. The van der Waals surface area contributed by atoms with Crippen molar-refractivity contribution < 1.29 is 14.5 Å². The van der Waals surface area contributed by atoms with Gasteiger partial charge in [-0.3, -0.25) is 0 Å². The Morgan fingerprint density at radius 1 is 1.42 bits per heavy atom. The first-order chi connectivity index (χ1) is 12.6. The zero-order valence-corrected chi connectivity index (χ0v) is 13.7. The number of rotatable bonds is 3. The highest BCUT2D eigenvalue weighted by Crippen LogP contribution is 2.34. The molecule has 10 heteroatoms. The lowest BCUT2D eigenvalue weighted by molar-refractivity contribution is -0.355. The number of carbonyl (C=O) groups excluding carboxylic acids is 1. The maximum atomic E-state index is 12.1. The summed E-state index contributed by atoms with van der Waals surface area (Å²) < 4.78 is 6.38. The minimum absolute atomic E-state index is 0.169. The SMILES string of the molecule is CCOC(=O)c1cnn2c1NN=C([N+](=O)[O-])[C@H]2c1c[nH]c2ccccc12. The van der Waals surface area contributed by atoms with E-state index in [0.29, 0.717) is 5.56 Å². The van der Waals surface area contributed by atoms with Crippen molar-refractivity contribution in [3.63, 3.8) is 0 Å².